The smallest absolute Gasteiger partial charge is 0.257 e. The van der Waals surface area contributed by atoms with Crippen molar-refractivity contribution in [2.45, 2.75) is 110 Å². The van der Waals surface area contributed by atoms with E-state index >= 15 is 0 Å². The van der Waals surface area contributed by atoms with Crippen molar-refractivity contribution in [1.82, 2.24) is 4.98 Å². The van der Waals surface area contributed by atoms with E-state index in [1.54, 1.807) is 23.5 Å². The van der Waals surface area contributed by atoms with Gasteiger partial charge in [-0.3, -0.25) is 9.78 Å². The van der Waals surface area contributed by atoms with Crippen LogP contribution in [-0.4, -0.2) is 17.4 Å². The largest absolute Gasteiger partial charge is 0.330 e. The summed E-state index contributed by atoms with van der Waals surface area (Å²) in [6.45, 7) is 7.54. The third kappa shape index (κ3) is 7.49. The fourth-order valence-electron chi connectivity index (χ4n) is 6.76. The first-order valence-corrected chi connectivity index (χ1v) is 14.1. The number of carbonyl (C=O) groups is 1. The number of nitrogens with zero attached hydrogens (tertiary/aromatic N) is 1. The number of pyridine rings is 1. The van der Waals surface area contributed by atoms with Crippen LogP contribution in [0.2, 0.25) is 0 Å². The number of anilines is 1. The van der Waals surface area contributed by atoms with Gasteiger partial charge in [-0.15, -0.1) is 24.8 Å². The van der Waals surface area contributed by atoms with E-state index in [9.17, 15) is 4.79 Å². The predicted octanol–water partition coefficient (Wildman–Crippen LogP) is 8.28. The van der Waals surface area contributed by atoms with E-state index in [1.165, 1.54) is 80.9 Å². The number of halogens is 2. The van der Waals surface area contributed by atoms with Crippen LogP contribution in [0.3, 0.4) is 0 Å². The summed E-state index contributed by atoms with van der Waals surface area (Å²) >= 11 is 0. The summed E-state index contributed by atoms with van der Waals surface area (Å²) in [7, 11) is 0. The van der Waals surface area contributed by atoms with Gasteiger partial charge in [0.25, 0.3) is 5.91 Å². The number of benzene rings is 1. The molecule has 1 heterocycles. The van der Waals surface area contributed by atoms with E-state index in [2.05, 4.69) is 31.1 Å². The van der Waals surface area contributed by atoms with Crippen molar-refractivity contribution in [3.8, 4) is 0 Å². The van der Waals surface area contributed by atoms with Crippen LogP contribution < -0.4 is 11.1 Å². The molecule has 0 aliphatic heterocycles. The van der Waals surface area contributed by atoms with E-state index < -0.39 is 0 Å². The van der Waals surface area contributed by atoms with E-state index in [-0.39, 0.29) is 30.7 Å². The Morgan fingerprint density at radius 2 is 1.57 bits per heavy atom. The van der Waals surface area contributed by atoms with Gasteiger partial charge in [0.15, 0.2) is 0 Å². The second kappa shape index (κ2) is 15.1. The minimum Gasteiger partial charge on any atom is -0.330 e. The van der Waals surface area contributed by atoms with E-state index in [0.717, 1.165) is 18.5 Å². The average molecular weight is 549 g/mol. The predicted molar refractivity (Wildman–Crippen MR) is 161 cm³/mol. The number of amides is 1. The van der Waals surface area contributed by atoms with Crippen LogP contribution in [-0.2, 0) is 12.8 Å². The van der Waals surface area contributed by atoms with Crippen molar-refractivity contribution in [3.63, 3.8) is 0 Å². The molecular formula is C31H47Cl2N3O. The molecule has 0 bridgehead atoms. The lowest BCUT2D eigenvalue weighted by Gasteiger charge is -2.35. The highest BCUT2D eigenvalue weighted by Crippen LogP contribution is 2.47. The molecule has 0 saturated heterocycles. The summed E-state index contributed by atoms with van der Waals surface area (Å²) < 4.78 is 0. The minimum absolute atomic E-state index is 0. The van der Waals surface area contributed by atoms with Crippen LogP contribution in [0.15, 0.2) is 24.5 Å². The molecule has 4 rings (SSSR count). The third-order valence-corrected chi connectivity index (χ3v) is 8.25. The van der Waals surface area contributed by atoms with Gasteiger partial charge >= 0.3 is 0 Å². The number of hydrogen-bond donors (Lipinski definition) is 2. The van der Waals surface area contributed by atoms with Gasteiger partial charge in [-0.05, 0) is 110 Å². The maximum Gasteiger partial charge on any atom is 0.257 e. The second-order valence-corrected chi connectivity index (χ2v) is 11.3. The monoisotopic (exact) mass is 547 g/mol. The van der Waals surface area contributed by atoms with E-state index in [1.807, 2.05) is 12.1 Å². The Balaban J connectivity index is 0.00000241. The summed E-state index contributed by atoms with van der Waals surface area (Å²) in [4.78, 5) is 17.6. The molecule has 4 nitrogen and oxygen atoms in total. The highest BCUT2D eigenvalue weighted by molar-refractivity contribution is 6.05. The number of rotatable bonds is 8. The summed E-state index contributed by atoms with van der Waals surface area (Å²) in [5, 5.41) is 3.42. The molecule has 2 aliphatic carbocycles. The van der Waals surface area contributed by atoms with Crippen LogP contribution in [0.4, 0.5) is 5.69 Å². The average Bonchev–Trinajstić information content (AvgIpc) is 2.88. The van der Waals surface area contributed by atoms with Gasteiger partial charge in [0.1, 0.15) is 0 Å². The molecule has 0 spiro atoms. The van der Waals surface area contributed by atoms with Gasteiger partial charge in [0.2, 0.25) is 0 Å². The van der Waals surface area contributed by atoms with E-state index in [0.29, 0.717) is 29.9 Å². The molecule has 6 heteroatoms. The number of nitrogens with two attached hydrogens (primary N) is 1. The van der Waals surface area contributed by atoms with Crippen LogP contribution in [0, 0.1) is 12.8 Å². The van der Waals surface area contributed by atoms with E-state index in [4.69, 9.17) is 5.73 Å². The molecule has 2 saturated carbocycles. The molecule has 2 aromatic rings. The zero-order valence-electron chi connectivity index (χ0n) is 23.0. The second-order valence-electron chi connectivity index (χ2n) is 11.3. The SMILES string of the molecule is Cc1c(NC(=O)c2cccnc2)c(CC(C)C)c(C2CCCCC2)c(CCN)c1C1CCCCC1.Cl.Cl. The lowest BCUT2D eigenvalue weighted by Crippen LogP contribution is -2.23. The van der Waals surface area contributed by atoms with Crippen LogP contribution >= 0.6 is 24.8 Å². The zero-order chi connectivity index (χ0) is 24.8. The molecule has 3 N–H and O–H groups in total. The molecule has 0 unspecified atom stereocenters. The third-order valence-electron chi connectivity index (χ3n) is 8.25. The van der Waals surface area contributed by atoms with Gasteiger partial charge in [-0.2, -0.15) is 0 Å². The standard InChI is InChI=1S/C31H45N3O.2ClH/c1-21(2)19-27-29(24-13-8-5-9-14-24)26(16-17-32)28(23-11-6-4-7-12-23)22(3)30(27)34-31(35)25-15-10-18-33-20-25;;/h10,15,18,20-21,23-24H,4-9,11-14,16-17,19,32H2,1-3H3,(H,34,35);2*1H. The quantitative estimate of drug-likeness (QED) is 0.349. The van der Waals surface area contributed by atoms with Gasteiger partial charge in [-0.1, -0.05) is 52.4 Å². The topological polar surface area (TPSA) is 68.0 Å². The van der Waals surface area contributed by atoms with Crippen molar-refractivity contribution in [1.29, 1.82) is 0 Å². The molecule has 1 aromatic carbocycles. The Labute approximate surface area is 236 Å². The van der Waals surface area contributed by atoms with Crippen molar-refractivity contribution < 1.29 is 4.79 Å². The Kier molecular flexibility index (Phi) is 12.9. The number of nitrogens with one attached hydrogen (secondary N) is 1. The van der Waals surface area contributed by atoms with Crippen LogP contribution in [0.1, 0.15) is 128 Å². The maximum absolute atomic E-state index is 13.4. The molecule has 0 radical (unpaired) electrons. The van der Waals surface area contributed by atoms with Crippen molar-refractivity contribution >= 4 is 36.4 Å². The molecule has 1 amide bonds. The van der Waals surface area contributed by atoms with Crippen molar-refractivity contribution in [3.05, 3.63) is 57.9 Å². The molecule has 2 fully saturated rings. The van der Waals surface area contributed by atoms with Gasteiger partial charge in [0.05, 0.1) is 5.56 Å². The Morgan fingerprint density at radius 3 is 2.08 bits per heavy atom. The molecule has 206 valence electrons. The molecule has 1 aromatic heterocycles. The lowest BCUT2D eigenvalue weighted by molar-refractivity contribution is 0.102. The number of carbonyl (C=O) groups excluding carboxylic acids is 1. The molecular weight excluding hydrogens is 501 g/mol. The molecule has 0 atom stereocenters. The molecule has 2 aliphatic rings. The summed E-state index contributed by atoms with van der Waals surface area (Å²) in [5.74, 6) is 1.62. The maximum atomic E-state index is 13.4. The molecule has 37 heavy (non-hydrogen) atoms. The fraction of sp³-hybridized carbons (Fsp3) is 0.613. The highest BCUT2D eigenvalue weighted by atomic mass is 35.5. The van der Waals surface area contributed by atoms with Gasteiger partial charge in [0, 0.05) is 18.1 Å². The number of aromatic nitrogens is 1. The Morgan fingerprint density at radius 1 is 0.973 bits per heavy atom. The number of hydrogen-bond acceptors (Lipinski definition) is 3. The summed E-state index contributed by atoms with van der Waals surface area (Å²) in [6.07, 6.45) is 18.2. The summed E-state index contributed by atoms with van der Waals surface area (Å²) in [6, 6.07) is 3.69. The van der Waals surface area contributed by atoms with Gasteiger partial charge in [-0.25, -0.2) is 0 Å². The first-order valence-electron chi connectivity index (χ1n) is 14.1. The fourth-order valence-corrected chi connectivity index (χ4v) is 6.76. The van der Waals surface area contributed by atoms with Gasteiger partial charge < -0.3 is 11.1 Å². The minimum atomic E-state index is -0.0537. The zero-order valence-corrected chi connectivity index (χ0v) is 24.6. The van der Waals surface area contributed by atoms with Crippen molar-refractivity contribution in [2.75, 3.05) is 11.9 Å². The highest BCUT2D eigenvalue weighted by Gasteiger charge is 2.31. The first kappa shape index (κ1) is 31.6. The van der Waals surface area contributed by atoms with Crippen LogP contribution in [0.5, 0.6) is 0 Å². The first-order chi connectivity index (χ1) is 17.0. The van der Waals surface area contributed by atoms with Crippen LogP contribution in [0.25, 0.3) is 0 Å². The Hall–Kier alpha value is -1.62. The normalized spacial score (nSPS) is 16.7. The Bertz CT molecular complexity index is 998. The van der Waals surface area contributed by atoms with Crippen molar-refractivity contribution in [2.24, 2.45) is 11.7 Å². The summed E-state index contributed by atoms with van der Waals surface area (Å²) in [5.41, 5.74) is 15.2. The lowest BCUT2D eigenvalue weighted by atomic mass is 9.71.